The average molecular weight is 311 g/mol. The van der Waals surface area contributed by atoms with Crippen molar-refractivity contribution in [3.8, 4) is 0 Å². The number of rotatable bonds is 5. The number of hydrogen-bond donors (Lipinski definition) is 2. The number of fused-ring (bicyclic) bond motifs is 1. The minimum atomic E-state index is -0.0506. The van der Waals surface area contributed by atoms with Gasteiger partial charge in [0.15, 0.2) is 0 Å². The highest BCUT2D eigenvalue weighted by Crippen LogP contribution is 2.21. The van der Waals surface area contributed by atoms with Gasteiger partial charge in [-0.15, -0.1) is 0 Å². The Morgan fingerprint density at radius 1 is 1.35 bits per heavy atom. The Bertz CT molecular complexity index is 817. The number of nitrogens with one attached hydrogen (secondary N) is 2. The summed E-state index contributed by atoms with van der Waals surface area (Å²) in [6, 6.07) is 7.74. The van der Waals surface area contributed by atoms with Gasteiger partial charge < -0.3 is 5.32 Å². The van der Waals surface area contributed by atoms with Crippen molar-refractivity contribution in [2.45, 2.75) is 26.3 Å². The molecule has 23 heavy (non-hydrogen) atoms. The van der Waals surface area contributed by atoms with E-state index in [4.69, 9.17) is 0 Å². The van der Waals surface area contributed by atoms with Crippen LogP contribution in [0.4, 0.5) is 0 Å². The van der Waals surface area contributed by atoms with Gasteiger partial charge in [0, 0.05) is 24.2 Å². The second-order valence-corrected chi connectivity index (χ2v) is 6.13. The molecule has 1 amide bonds. The summed E-state index contributed by atoms with van der Waals surface area (Å²) in [7, 11) is 1.87. The van der Waals surface area contributed by atoms with Crippen LogP contribution in [0.3, 0.4) is 0 Å². The van der Waals surface area contributed by atoms with Crippen molar-refractivity contribution in [2.75, 3.05) is 0 Å². The van der Waals surface area contributed by atoms with Crippen LogP contribution in [0.25, 0.3) is 10.9 Å². The van der Waals surface area contributed by atoms with Crippen LogP contribution in [0.1, 0.15) is 31.1 Å². The van der Waals surface area contributed by atoms with Crippen LogP contribution in [0, 0.1) is 5.92 Å². The summed E-state index contributed by atoms with van der Waals surface area (Å²) in [6.07, 6.45) is 4.02. The number of hydrogen-bond acceptors (Lipinski definition) is 3. The summed E-state index contributed by atoms with van der Waals surface area (Å²) in [4.78, 5) is 12.5. The van der Waals surface area contributed by atoms with E-state index in [0.29, 0.717) is 0 Å². The smallest absolute Gasteiger partial charge is 0.226 e. The zero-order valence-corrected chi connectivity index (χ0v) is 13.6. The lowest BCUT2D eigenvalue weighted by Crippen LogP contribution is -2.32. The first-order valence-corrected chi connectivity index (χ1v) is 7.74. The lowest BCUT2D eigenvalue weighted by molar-refractivity contribution is -0.121. The maximum Gasteiger partial charge on any atom is 0.226 e. The molecule has 1 atom stereocenters. The monoisotopic (exact) mass is 311 g/mol. The number of amides is 1. The minimum absolute atomic E-state index is 0.0260. The maximum atomic E-state index is 12.5. The first kappa shape index (κ1) is 15.3. The number of H-pyrrole nitrogens is 1. The molecule has 1 aromatic carbocycles. The van der Waals surface area contributed by atoms with E-state index >= 15 is 0 Å². The number of aromatic amines is 1. The van der Waals surface area contributed by atoms with Crippen LogP contribution in [0.15, 0.2) is 36.7 Å². The zero-order valence-electron chi connectivity index (χ0n) is 13.6. The molecule has 0 spiro atoms. The fraction of sp³-hybridized carbons (Fsp3) is 0.353. The zero-order chi connectivity index (χ0) is 16.4. The summed E-state index contributed by atoms with van der Waals surface area (Å²) in [5.41, 5.74) is 2.74. The fourth-order valence-corrected chi connectivity index (χ4v) is 2.77. The van der Waals surface area contributed by atoms with E-state index < -0.39 is 0 Å². The van der Waals surface area contributed by atoms with Crippen molar-refractivity contribution < 1.29 is 4.79 Å². The maximum absolute atomic E-state index is 12.5. The number of carbonyl (C=O) groups excluding carboxylic acids is 1. The topological polar surface area (TPSA) is 75.6 Å². The van der Waals surface area contributed by atoms with Gasteiger partial charge in [-0.05, 0) is 12.0 Å². The van der Waals surface area contributed by atoms with Crippen molar-refractivity contribution >= 4 is 16.8 Å². The molecule has 0 fully saturated rings. The van der Waals surface area contributed by atoms with Crippen LogP contribution < -0.4 is 5.32 Å². The molecule has 2 aromatic heterocycles. The summed E-state index contributed by atoms with van der Waals surface area (Å²) >= 11 is 0. The Labute approximate surface area is 134 Å². The summed E-state index contributed by atoms with van der Waals surface area (Å²) in [5.74, 6) is 0.253. The third-order valence-corrected chi connectivity index (χ3v) is 3.94. The molecule has 6 nitrogen and oxygen atoms in total. The van der Waals surface area contributed by atoms with Crippen LogP contribution in [0.2, 0.25) is 0 Å². The van der Waals surface area contributed by atoms with Gasteiger partial charge >= 0.3 is 0 Å². The highest BCUT2D eigenvalue weighted by molar-refractivity contribution is 5.87. The highest BCUT2D eigenvalue weighted by atomic mass is 16.1. The Kier molecular flexibility index (Phi) is 4.14. The molecule has 0 aliphatic carbocycles. The predicted octanol–water partition coefficient (Wildman–Crippen LogP) is 2.35. The molecule has 3 aromatic rings. The number of carbonyl (C=O) groups is 1. The Balaban J connectivity index is 1.75. The minimum Gasteiger partial charge on any atom is -0.349 e. The van der Waals surface area contributed by atoms with Gasteiger partial charge in [0.25, 0.3) is 0 Å². The Morgan fingerprint density at radius 2 is 2.13 bits per heavy atom. The molecule has 0 bridgehead atoms. The van der Waals surface area contributed by atoms with E-state index in [2.05, 4.69) is 34.5 Å². The molecule has 120 valence electrons. The molecule has 3 rings (SSSR count). The van der Waals surface area contributed by atoms with E-state index in [-0.39, 0.29) is 24.3 Å². The van der Waals surface area contributed by atoms with Gasteiger partial charge in [-0.3, -0.25) is 14.6 Å². The molecule has 2 N–H and O–H groups in total. The van der Waals surface area contributed by atoms with Gasteiger partial charge in [0.1, 0.15) is 0 Å². The van der Waals surface area contributed by atoms with Crippen LogP contribution in [-0.2, 0) is 18.3 Å². The van der Waals surface area contributed by atoms with Crippen LogP contribution in [0.5, 0.6) is 0 Å². The van der Waals surface area contributed by atoms with Gasteiger partial charge in [0.05, 0.1) is 29.9 Å². The first-order valence-electron chi connectivity index (χ1n) is 7.74. The van der Waals surface area contributed by atoms with E-state index in [1.54, 1.807) is 10.9 Å². The number of nitrogens with zero attached hydrogens (tertiary/aromatic N) is 3. The van der Waals surface area contributed by atoms with Crippen molar-refractivity contribution in [2.24, 2.45) is 13.0 Å². The van der Waals surface area contributed by atoms with Gasteiger partial charge in [-0.1, -0.05) is 32.0 Å². The van der Waals surface area contributed by atoms with Crippen molar-refractivity contribution in [3.05, 3.63) is 47.9 Å². The third-order valence-electron chi connectivity index (χ3n) is 3.94. The van der Waals surface area contributed by atoms with E-state index in [9.17, 15) is 4.79 Å². The van der Waals surface area contributed by atoms with Gasteiger partial charge in [-0.25, -0.2) is 0 Å². The van der Waals surface area contributed by atoms with E-state index in [0.717, 1.165) is 22.2 Å². The fourth-order valence-electron chi connectivity index (χ4n) is 2.77. The largest absolute Gasteiger partial charge is 0.349 e. The first-order chi connectivity index (χ1) is 11.0. The molecule has 6 heteroatoms. The predicted molar refractivity (Wildman–Crippen MR) is 88.7 cm³/mol. The number of benzene rings is 1. The average Bonchev–Trinajstić information content (AvgIpc) is 3.12. The molecule has 2 heterocycles. The summed E-state index contributed by atoms with van der Waals surface area (Å²) in [5, 5.41) is 15.5. The molecular formula is C17H21N5O. The van der Waals surface area contributed by atoms with E-state index in [1.165, 1.54) is 0 Å². The normalized spacial score (nSPS) is 12.7. The van der Waals surface area contributed by atoms with Crippen LogP contribution in [-0.4, -0.2) is 25.9 Å². The number of aromatic nitrogens is 4. The quantitative estimate of drug-likeness (QED) is 0.759. The number of aryl methyl sites for hydroxylation is 1. The molecule has 1 unspecified atom stereocenters. The highest BCUT2D eigenvalue weighted by Gasteiger charge is 2.20. The molecule has 0 radical (unpaired) electrons. The standard InChI is InChI=1S/C17H21N5O/c1-11(2)17(12-9-18-22(3)10-12)19-16(23)8-15-13-6-4-5-7-14(13)20-21-15/h4-7,9-11,17H,8H2,1-3H3,(H,19,23)(H,20,21). The summed E-state index contributed by atoms with van der Waals surface area (Å²) < 4.78 is 1.75. The second kappa shape index (κ2) is 6.24. The lowest BCUT2D eigenvalue weighted by atomic mass is 9.98. The Morgan fingerprint density at radius 3 is 2.83 bits per heavy atom. The number of para-hydroxylation sites is 1. The van der Waals surface area contributed by atoms with Crippen molar-refractivity contribution in [1.29, 1.82) is 0 Å². The van der Waals surface area contributed by atoms with Crippen LogP contribution >= 0.6 is 0 Å². The SMILES string of the molecule is CC(C)C(NC(=O)Cc1[nH]nc2ccccc12)c1cnn(C)c1. The molecule has 0 aliphatic rings. The van der Waals surface area contributed by atoms with Gasteiger partial charge in [0.2, 0.25) is 5.91 Å². The Hall–Kier alpha value is -2.63. The van der Waals surface area contributed by atoms with E-state index in [1.807, 2.05) is 37.5 Å². The van der Waals surface area contributed by atoms with Crippen molar-refractivity contribution in [3.63, 3.8) is 0 Å². The third kappa shape index (κ3) is 3.26. The molecule has 0 aliphatic heterocycles. The second-order valence-electron chi connectivity index (χ2n) is 6.13. The lowest BCUT2D eigenvalue weighted by Gasteiger charge is -2.21. The molecular weight excluding hydrogens is 290 g/mol. The molecule has 0 saturated heterocycles. The molecule has 0 saturated carbocycles. The van der Waals surface area contributed by atoms with Crippen molar-refractivity contribution in [1.82, 2.24) is 25.3 Å². The van der Waals surface area contributed by atoms with Gasteiger partial charge in [-0.2, -0.15) is 10.2 Å². The summed E-state index contributed by atoms with van der Waals surface area (Å²) in [6.45, 7) is 4.17.